The molecule has 3 unspecified atom stereocenters. The minimum atomic E-state index is -0.0101. The molecule has 106 valence electrons. The van der Waals surface area contributed by atoms with Crippen LogP contribution in [-0.2, 0) is 14.3 Å². The van der Waals surface area contributed by atoms with Crippen molar-refractivity contribution in [2.75, 3.05) is 13.2 Å². The highest BCUT2D eigenvalue weighted by molar-refractivity contribution is 5.74. The average Bonchev–Trinajstić information content (AvgIpc) is 3.07. The molecule has 2 saturated carbocycles. The van der Waals surface area contributed by atoms with Crippen molar-refractivity contribution in [3.63, 3.8) is 0 Å². The molecule has 3 aliphatic rings. The zero-order valence-corrected chi connectivity index (χ0v) is 11.6. The molecular weight excluding hydrogens is 240 g/mol. The molecule has 3 atom stereocenters. The van der Waals surface area contributed by atoms with Crippen molar-refractivity contribution < 1.29 is 14.3 Å². The van der Waals surface area contributed by atoms with E-state index in [1.54, 1.807) is 0 Å². The molecule has 2 fully saturated rings. The maximum Gasteiger partial charge on any atom is 0.309 e. The molecule has 0 aromatic heterocycles. The lowest BCUT2D eigenvalue weighted by atomic mass is 9.94. The van der Waals surface area contributed by atoms with Gasteiger partial charge in [-0.05, 0) is 37.5 Å². The standard InChI is InChI=1S/C16H24O3/c17-16(15-11-12-6-7-13(15)10-12)19-9-8-18-14-4-2-1-3-5-14/h6-7,12-15H,1-5,8-11H2. The molecule has 3 aliphatic carbocycles. The Balaban J connectivity index is 1.31. The van der Waals surface area contributed by atoms with Gasteiger partial charge in [-0.3, -0.25) is 4.79 Å². The van der Waals surface area contributed by atoms with Crippen molar-refractivity contribution in [3.8, 4) is 0 Å². The number of rotatable bonds is 5. The Labute approximate surface area is 115 Å². The average molecular weight is 264 g/mol. The van der Waals surface area contributed by atoms with Gasteiger partial charge >= 0.3 is 5.97 Å². The lowest BCUT2D eigenvalue weighted by Crippen LogP contribution is -2.24. The van der Waals surface area contributed by atoms with Crippen LogP contribution >= 0.6 is 0 Å². The van der Waals surface area contributed by atoms with E-state index in [0.717, 1.165) is 12.8 Å². The van der Waals surface area contributed by atoms with Gasteiger partial charge in [-0.2, -0.15) is 0 Å². The number of carbonyl (C=O) groups is 1. The second-order valence-corrected chi connectivity index (χ2v) is 6.19. The molecule has 0 heterocycles. The Morgan fingerprint density at radius 3 is 2.58 bits per heavy atom. The summed E-state index contributed by atoms with van der Waals surface area (Å²) in [5.41, 5.74) is 0. The quantitative estimate of drug-likeness (QED) is 0.435. The smallest absolute Gasteiger partial charge is 0.309 e. The van der Waals surface area contributed by atoms with E-state index in [2.05, 4.69) is 12.2 Å². The second-order valence-electron chi connectivity index (χ2n) is 6.19. The third-order valence-corrected chi connectivity index (χ3v) is 4.82. The first-order valence-electron chi connectivity index (χ1n) is 7.79. The van der Waals surface area contributed by atoms with Crippen molar-refractivity contribution in [3.05, 3.63) is 12.2 Å². The van der Waals surface area contributed by atoms with Gasteiger partial charge in [0, 0.05) is 0 Å². The third kappa shape index (κ3) is 3.19. The second kappa shape index (κ2) is 6.08. The molecule has 3 nitrogen and oxygen atoms in total. The summed E-state index contributed by atoms with van der Waals surface area (Å²) in [6, 6.07) is 0. The molecule has 0 aromatic rings. The summed E-state index contributed by atoms with van der Waals surface area (Å²) in [4.78, 5) is 12.0. The number of esters is 1. The van der Waals surface area contributed by atoms with E-state index in [1.807, 2.05) is 0 Å². The fraction of sp³-hybridized carbons (Fsp3) is 0.812. The summed E-state index contributed by atoms with van der Waals surface area (Å²) >= 11 is 0. The summed E-state index contributed by atoms with van der Waals surface area (Å²) in [5.74, 6) is 1.17. The fourth-order valence-corrected chi connectivity index (χ4v) is 3.75. The SMILES string of the molecule is O=C(OCCOC1CCCCC1)C1CC2C=CC1C2. The number of ether oxygens (including phenoxy) is 2. The van der Waals surface area contributed by atoms with Gasteiger partial charge in [0.05, 0.1) is 18.6 Å². The summed E-state index contributed by atoms with van der Waals surface area (Å²) in [5, 5.41) is 0. The van der Waals surface area contributed by atoms with Gasteiger partial charge in [0.1, 0.15) is 6.61 Å². The van der Waals surface area contributed by atoms with Gasteiger partial charge in [0.15, 0.2) is 0 Å². The van der Waals surface area contributed by atoms with Crippen LogP contribution < -0.4 is 0 Å². The van der Waals surface area contributed by atoms with Crippen LogP contribution in [0.5, 0.6) is 0 Å². The van der Waals surface area contributed by atoms with Crippen LogP contribution in [0.3, 0.4) is 0 Å². The fourth-order valence-electron chi connectivity index (χ4n) is 3.75. The van der Waals surface area contributed by atoms with Crippen LogP contribution in [-0.4, -0.2) is 25.3 Å². The molecule has 2 bridgehead atoms. The minimum Gasteiger partial charge on any atom is -0.463 e. The molecule has 0 saturated heterocycles. The van der Waals surface area contributed by atoms with Crippen LogP contribution in [0.2, 0.25) is 0 Å². The molecule has 0 aliphatic heterocycles. The number of hydrogen-bond acceptors (Lipinski definition) is 3. The first-order chi connectivity index (χ1) is 9.33. The van der Waals surface area contributed by atoms with Crippen LogP contribution in [0.25, 0.3) is 0 Å². The predicted octanol–water partition coefficient (Wildman–Crippen LogP) is 3.09. The van der Waals surface area contributed by atoms with E-state index >= 15 is 0 Å². The molecule has 0 radical (unpaired) electrons. The molecule has 0 aromatic carbocycles. The molecule has 0 N–H and O–H groups in total. The zero-order valence-electron chi connectivity index (χ0n) is 11.6. The Kier molecular flexibility index (Phi) is 4.21. The van der Waals surface area contributed by atoms with Crippen molar-refractivity contribution >= 4 is 5.97 Å². The lowest BCUT2D eigenvalue weighted by molar-refractivity contribution is -0.151. The van der Waals surface area contributed by atoms with E-state index < -0.39 is 0 Å². The van der Waals surface area contributed by atoms with Gasteiger partial charge < -0.3 is 9.47 Å². The summed E-state index contributed by atoms with van der Waals surface area (Å²) < 4.78 is 11.1. The Morgan fingerprint density at radius 2 is 1.89 bits per heavy atom. The van der Waals surface area contributed by atoms with Crippen LogP contribution in [0.4, 0.5) is 0 Å². The highest BCUT2D eigenvalue weighted by Gasteiger charge is 2.40. The normalized spacial score (nSPS) is 33.8. The highest BCUT2D eigenvalue weighted by atomic mass is 16.6. The maximum atomic E-state index is 12.0. The van der Waals surface area contributed by atoms with Crippen LogP contribution in [0.1, 0.15) is 44.9 Å². The number of allylic oxidation sites excluding steroid dienone is 2. The van der Waals surface area contributed by atoms with E-state index in [0.29, 0.717) is 31.2 Å². The molecular formula is C16H24O3. The summed E-state index contributed by atoms with van der Waals surface area (Å²) in [6.07, 6.45) is 13.2. The number of fused-ring (bicyclic) bond motifs is 2. The third-order valence-electron chi connectivity index (χ3n) is 4.82. The summed E-state index contributed by atoms with van der Waals surface area (Å²) in [6.45, 7) is 0.986. The molecule has 0 spiro atoms. The van der Waals surface area contributed by atoms with E-state index in [1.165, 1.54) is 32.1 Å². The van der Waals surface area contributed by atoms with Gasteiger partial charge in [-0.25, -0.2) is 0 Å². The van der Waals surface area contributed by atoms with Gasteiger partial charge in [-0.15, -0.1) is 0 Å². The molecule has 19 heavy (non-hydrogen) atoms. The monoisotopic (exact) mass is 264 g/mol. The van der Waals surface area contributed by atoms with E-state index in [9.17, 15) is 4.79 Å². The number of hydrogen-bond donors (Lipinski definition) is 0. The predicted molar refractivity (Wildman–Crippen MR) is 72.6 cm³/mol. The van der Waals surface area contributed by atoms with Gasteiger partial charge in [0.2, 0.25) is 0 Å². The van der Waals surface area contributed by atoms with Gasteiger partial charge in [0.25, 0.3) is 0 Å². The first kappa shape index (κ1) is 13.2. The van der Waals surface area contributed by atoms with Crippen LogP contribution in [0.15, 0.2) is 12.2 Å². The van der Waals surface area contributed by atoms with E-state index in [4.69, 9.17) is 9.47 Å². The summed E-state index contributed by atoms with van der Waals surface area (Å²) in [7, 11) is 0. The first-order valence-corrected chi connectivity index (χ1v) is 7.79. The van der Waals surface area contributed by atoms with Crippen molar-refractivity contribution in [2.45, 2.75) is 51.0 Å². The molecule has 3 heteroatoms. The largest absolute Gasteiger partial charge is 0.463 e. The lowest BCUT2D eigenvalue weighted by Gasteiger charge is -2.22. The molecule has 3 rings (SSSR count). The molecule has 0 amide bonds. The van der Waals surface area contributed by atoms with Gasteiger partial charge in [-0.1, -0.05) is 31.4 Å². The Morgan fingerprint density at radius 1 is 1.05 bits per heavy atom. The minimum absolute atomic E-state index is 0.0101. The highest BCUT2D eigenvalue weighted by Crippen LogP contribution is 2.43. The topological polar surface area (TPSA) is 35.5 Å². The van der Waals surface area contributed by atoms with Crippen molar-refractivity contribution in [2.24, 2.45) is 17.8 Å². The Bertz CT molecular complexity index is 344. The van der Waals surface area contributed by atoms with E-state index in [-0.39, 0.29) is 11.9 Å². The van der Waals surface area contributed by atoms with Crippen molar-refractivity contribution in [1.82, 2.24) is 0 Å². The maximum absolute atomic E-state index is 12.0. The van der Waals surface area contributed by atoms with Crippen molar-refractivity contribution in [1.29, 1.82) is 0 Å². The number of carbonyl (C=O) groups excluding carboxylic acids is 1. The zero-order chi connectivity index (χ0) is 13.1. The van der Waals surface area contributed by atoms with Crippen LogP contribution in [0, 0.1) is 17.8 Å². The Hall–Kier alpha value is -0.830.